The molecule has 0 fully saturated rings. The van der Waals surface area contributed by atoms with Gasteiger partial charge < -0.3 is 5.32 Å². The first-order valence-corrected chi connectivity index (χ1v) is 9.08. The van der Waals surface area contributed by atoms with Crippen molar-refractivity contribution in [1.29, 1.82) is 0 Å². The van der Waals surface area contributed by atoms with Gasteiger partial charge in [0.1, 0.15) is 5.82 Å². The molecule has 146 valence electrons. The van der Waals surface area contributed by atoms with Gasteiger partial charge in [-0.25, -0.2) is 4.39 Å². The van der Waals surface area contributed by atoms with Crippen molar-refractivity contribution in [1.82, 2.24) is 0 Å². The second-order valence-corrected chi connectivity index (χ2v) is 7.89. The molecule has 0 heterocycles. The standard InChI is InChI=1S/C17H16F4N2O3S/c1-16(2,11-3-5-12(18)6-4-11)15(24)22-13-7-9-14(10-8-13)23-27(25,26)17(19,20)21/h3-10,23H,1-2H3,(H,22,24). The minimum atomic E-state index is -5.52. The van der Waals surface area contributed by atoms with E-state index in [4.69, 9.17) is 0 Å². The lowest BCUT2D eigenvalue weighted by atomic mass is 9.83. The summed E-state index contributed by atoms with van der Waals surface area (Å²) < 4.78 is 73.6. The largest absolute Gasteiger partial charge is 0.516 e. The van der Waals surface area contributed by atoms with Gasteiger partial charge in [0.25, 0.3) is 0 Å². The van der Waals surface area contributed by atoms with E-state index in [1.807, 2.05) is 0 Å². The molecule has 2 rings (SSSR count). The van der Waals surface area contributed by atoms with E-state index in [9.17, 15) is 30.8 Å². The average molecular weight is 404 g/mol. The van der Waals surface area contributed by atoms with Crippen LogP contribution >= 0.6 is 0 Å². The highest BCUT2D eigenvalue weighted by atomic mass is 32.2. The summed E-state index contributed by atoms with van der Waals surface area (Å²) in [6.45, 7) is 3.25. The molecule has 0 bridgehead atoms. The van der Waals surface area contributed by atoms with Crippen LogP contribution in [0.4, 0.5) is 28.9 Å². The predicted octanol–water partition coefficient (Wildman–Crippen LogP) is 4.00. The van der Waals surface area contributed by atoms with Gasteiger partial charge in [-0.2, -0.15) is 21.6 Å². The summed E-state index contributed by atoms with van der Waals surface area (Å²) in [6, 6.07) is 10.1. The number of hydrogen-bond donors (Lipinski definition) is 2. The Hall–Kier alpha value is -2.62. The fourth-order valence-electron chi connectivity index (χ4n) is 2.12. The highest BCUT2D eigenvalue weighted by Crippen LogP contribution is 2.27. The van der Waals surface area contributed by atoms with E-state index in [-0.39, 0.29) is 11.4 Å². The molecule has 0 saturated carbocycles. The Kier molecular flexibility index (Phi) is 5.50. The van der Waals surface area contributed by atoms with Crippen LogP contribution in [-0.2, 0) is 20.2 Å². The summed E-state index contributed by atoms with van der Waals surface area (Å²) in [5.74, 6) is -0.871. The van der Waals surface area contributed by atoms with Crippen LogP contribution in [0.2, 0.25) is 0 Å². The van der Waals surface area contributed by atoms with E-state index in [0.29, 0.717) is 5.56 Å². The van der Waals surface area contributed by atoms with Crippen LogP contribution in [0.5, 0.6) is 0 Å². The lowest BCUT2D eigenvalue weighted by Gasteiger charge is -2.24. The van der Waals surface area contributed by atoms with Crippen LogP contribution in [0.15, 0.2) is 48.5 Å². The molecule has 0 radical (unpaired) electrons. The molecule has 5 nitrogen and oxygen atoms in total. The molecular weight excluding hydrogens is 388 g/mol. The van der Waals surface area contributed by atoms with Gasteiger partial charge in [-0.3, -0.25) is 9.52 Å². The quantitative estimate of drug-likeness (QED) is 0.740. The van der Waals surface area contributed by atoms with Crippen molar-refractivity contribution in [3.05, 3.63) is 59.9 Å². The average Bonchev–Trinajstić information content (AvgIpc) is 2.55. The summed E-state index contributed by atoms with van der Waals surface area (Å²) in [4.78, 5) is 12.5. The first-order chi connectivity index (χ1) is 12.3. The molecule has 0 spiro atoms. The fourth-order valence-corrected chi connectivity index (χ4v) is 2.68. The molecule has 0 atom stereocenters. The van der Waals surface area contributed by atoms with E-state index in [1.54, 1.807) is 13.8 Å². The molecule has 2 N–H and O–H groups in total. The van der Waals surface area contributed by atoms with Gasteiger partial charge in [0.15, 0.2) is 0 Å². The maximum absolute atomic E-state index is 13.0. The van der Waals surface area contributed by atoms with Gasteiger partial charge in [-0.15, -0.1) is 0 Å². The zero-order valence-electron chi connectivity index (χ0n) is 14.3. The zero-order valence-corrected chi connectivity index (χ0v) is 15.1. The normalized spacial score (nSPS) is 12.5. The Morgan fingerprint density at radius 1 is 0.889 bits per heavy atom. The number of hydrogen-bond acceptors (Lipinski definition) is 3. The molecule has 0 aromatic heterocycles. The third kappa shape index (κ3) is 4.76. The van der Waals surface area contributed by atoms with Crippen LogP contribution in [0.1, 0.15) is 19.4 Å². The smallest absolute Gasteiger partial charge is 0.325 e. The summed E-state index contributed by atoms with van der Waals surface area (Å²) in [6.07, 6.45) is 0. The maximum Gasteiger partial charge on any atom is 0.516 e. The Labute approximate surface area is 153 Å². The third-order valence-electron chi connectivity index (χ3n) is 3.83. The minimum Gasteiger partial charge on any atom is -0.325 e. The van der Waals surface area contributed by atoms with Crippen LogP contribution in [-0.4, -0.2) is 19.8 Å². The second-order valence-electron chi connectivity index (χ2n) is 6.21. The fraction of sp³-hybridized carbons (Fsp3) is 0.235. The molecular formula is C17H16F4N2O3S. The molecule has 0 unspecified atom stereocenters. The first kappa shape index (κ1) is 20.7. The Morgan fingerprint density at radius 3 is 1.85 bits per heavy atom. The third-order valence-corrected chi connectivity index (χ3v) is 4.95. The number of halogens is 4. The lowest BCUT2D eigenvalue weighted by Crippen LogP contribution is -2.34. The number of alkyl halides is 3. The van der Waals surface area contributed by atoms with E-state index >= 15 is 0 Å². The van der Waals surface area contributed by atoms with Crippen molar-refractivity contribution in [2.24, 2.45) is 0 Å². The summed E-state index contributed by atoms with van der Waals surface area (Å²) >= 11 is 0. The van der Waals surface area contributed by atoms with Gasteiger partial charge in [-0.1, -0.05) is 12.1 Å². The first-order valence-electron chi connectivity index (χ1n) is 7.59. The van der Waals surface area contributed by atoms with Crippen LogP contribution in [0, 0.1) is 5.82 Å². The molecule has 2 aromatic carbocycles. The Morgan fingerprint density at radius 2 is 1.37 bits per heavy atom. The Bertz CT molecular complexity index is 922. The minimum absolute atomic E-state index is 0.255. The van der Waals surface area contributed by atoms with Crippen LogP contribution in [0.3, 0.4) is 0 Å². The zero-order chi connectivity index (χ0) is 20.5. The van der Waals surface area contributed by atoms with Gasteiger partial charge >= 0.3 is 15.5 Å². The van der Waals surface area contributed by atoms with Crippen molar-refractivity contribution in [3.8, 4) is 0 Å². The predicted molar refractivity (Wildman–Crippen MR) is 93.1 cm³/mol. The Balaban J connectivity index is 2.12. The van der Waals surface area contributed by atoms with E-state index in [1.165, 1.54) is 41.1 Å². The van der Waals surface area contributed by atoms with Crippen LogP contribution in [0.25, 0.3) is 0 Å². The molecule has 1 amide bonds. The molecule has 0 aliphatic heterocycles. The second kappa shape index (κ2) is 7.18. The molecule has 2 aromatic rings. The van der Waals surface area contributed by atoms with Crippen molar-refractivity contribution < 1.29 is 30.8 Å². The van der Waals surface area contributed by atoms with E-state index in [2.05, 4.69) is 5.32 Å². The topological polar surface area (TPSA) is 75.3 Å². The van der Waals surface area contributed by atoms with Crippen molar-refractivity contribution >= 4 is 27.3 Å². The van der Waals surface area contributed by atoms with Crippen LogP contribution < -0.4 is 10.0 Å². The molecule has 10 heteroatoms. The highest BCUT2D eigenvalue weighted by Gasteiger charge is 2.46. The molecule has 27 heavy (non-hydrogen) atoms. The van der Waals surface area contributed by atoms with Crippen molar-refractivity contribution in [2.45, 2.75) is 24.8 Å². The number of carbonyl (C=O) groups is 1. The SMILES string of the molecule is CC(C)(C(=O)Nc1ccc(NS(=O)(=O)C(F)(F)F)cc1)c1ccc(F)cc1. The van der Waals surface area contributed by atoms with Gasteiger partial charge in [-0.05, 0) is 55.8 Å². The number of rotatable bonds is 5. The van der Waals surface area contributed by atoms with Gasteiger partial charge in [0.2, 0.25) is 5.91 Å². The number of anilines is 2. The number of nitrogens with one attached hydrogen (secondary N) is 2. The van der Waals surface area contributed by atoms with E-state index in [0.717, 1.165) is 12.1 Å². The van der Waals surface area contributed by atoms with E-state index < -0.39 is 32.7 Å². The highest BCUT2D eigenvalue weighted by molar-refractivity contribution is 7.93. The van der Waals surface area contributed by atoms with Gasteiger partial charge in [0, 0.05) is 11.4 Å². The summed E-state index contributed by atoms with van der Waals surface area (Å²) in [5.41, 5.74) is -5.92. The maximum atomic E-state index is 13.0. The van der Waals surface area contributed by atoms with Crippen molar-refractivity contribution in [2.75, 3.05) is 10.0 Å². The molecule has 0 saturated heterocycles. The molecule has 0 aliphatic carbocycles. The van der Waals surface area contributed by atoms with Crippen molar-refractivity contribution in [3.63, 3.8) is 0 Å². The number of carbonyl (C=O) groups excluding carboxylic acids is 1. The molecule has 0 aliphatic rings. The monoisotopic (exact) mass is 404 g/mol. The number of sulfonamides is 1. The van der Waals surface area contributed by atoms with Gasteiger partial charge in [0.05, 0.1) is 5.41 Å². The number of benzene rings is 2. The summed E-state index contributed by atoms with van der Waals surface area (Å²) in [7, 11) is -5.52. The number of amides is 1. The lowest BCUT2D eigenvalue weighted by molar-refractivity contribution is -0.120. The summed E-state index contributed by atoms with van der Waals surface area (Å²) in [5, 5.41) is 2.58.